The summed E-state index contributed by atoms with van der Waals surface area (Å²) in [6, 6.07) is 7.29. The maximum atomic E-state index is 12.9. The van der Waals surface area contributed by atoms with Crippen molar-refractivity contribution in [1.82, 2.24) is 20.9 Å². The van der Waals surface area contributed by atoms with E-state index in [0.29, 0.717) is 6.42 Å². The van der Waals surface area contributed by atoms with E-state index in [0.717, 1.165) is 10.5 Å². The van der Waals surface area contributed by atoms with E-state index >= 15 is 0 Å². The molecule has 0 aliphatic heterocycles. The quantitative estimate of drug-likeness (QED) is 0.335. The Kier molecular flexibility index (Phi) is 10.9. The molecule has 0 aromatic heterocycles. The molecule has 0 aliphatic carbocycles. The lowest BCUT2D eigenvalue weighted by Gasteiger charge is -2.24. The zero-order valence-corrected chi connectivity index (χ0v) is 19.0. The Labute approximate surface area is 188 Å². The summed E-state index contributed by atoms with van der Waals surface area (Å²) in [7, 11) is 1.42. The zero-order chi connectivity index (χ0) is 24.3. The van der Waals surface area contributed by atoms with Gasteiger partial charge in [0.2, 0.25) is 29.5 Å². The molecule has 0 fully saturated rings. The van der Waals surface area contributed by atoms with E-state index in [1.54, 1.807) is 0 Å². The van der Waals surface area contributed by atoms with Crippen molar-refractivity contribution in [3.63, 3.8) is 0 Å². The van der Waals surface area contributed by atoms with Gasteiger partial charge in [0, 0.05) is 20.4 Å². The van der Waals surface area contributed by atoms with Crippen LogP contribution in [0.2, 0.25) is 0 Å². The van der Waals surface area contributed by atoms with Gasteiger partial charge in [0.15, 0.2) is 0 Å². The van der Waals surface area contributed by atoms with Crippen molar-refractivity contribution in [3.8, 4) is 0 Å². The van der Waals surface area contributed by atoms with Crippen LogP contribution in [-0.2, 0) is 30.4 Å². The number of nitrogens with two attached hydrogens (primary N) is 1. The Morgan fingerprint density at radius 3 is 2.16 bits per heavy atom. The van der Waals surface area contributed by atoms with Crippen LogP contribution >= 0.6 is 0 Å². The van der Waals surface area contributed by atoms with Crippen molar-refractivity contribution in [2.45, 2.75) is 45.7 Å². The molecular weight excluding hydrogens is 414 g/mol. The number of nitrogens with one attached hydrogen (secondary N) is 3. The smallest absolute Gasteiger partial charge is 0.243 e. The van der Waals surface area contributed by atoms with Gasteiger partial charge in [0.1, 0.15) is 12.1 Å². The molecule has 0 unspecified atom stereocenters. The SMILES string of the molecule is CC(=O)NCC(=O)N(C)CC(=O)N[C@@H](CC(C)C)C(=O)N[C@@H](Cc1ccccc1)C(N)=O. The highest BCUT2D eigenvalue weighted by atomic mass is 16.2. The van der Waals surface area contributed by atoms with Gasteiger partial charge in [0.25, 0.3) is 0 Å². The first kappa shape index (κ1) is 26.6. The molecule has 5 N–H and O–H groups in total. The molecule has 0 bridgehead atoms. The van der Waals surface area contributed by atoms with Crippen LogP contribution in [0, 0.1) is 5.92 Å². The van der Waals surface area contributed by atoms with Crippen LogP contribution in [0.1, 0.15) is 32.8 Å². The predicted molar refractivity (Wildman–Crippen MR) is 119 cm³/mol. The number of nitrogens with zero attached hydrogens (tertiary/aromatic N) is 1. The molecule has 1 aromatic carbocycles. The van der Waals surface area contributed by atoms with Crippen LogP contribution < -0.4 is 21.7 Å². The first-order valence-corrected chi connectivity index (χ1v) is 10.4. The first-order valence-electron chi connectivity index (χ1n) is 10.4. The molecule has 0 aliphatic rings. The lowest BCUT2D eigenvalue weighted by molar-refractivity contribution is -0.136. The maximum absolute atomic E-state index is 12.9. The molecule has 176 valence electrons. The van der Waals surface area contributed by atoms with E-state index in [4.69, 9.17) is 5.73 Å². The van der Waals surface area contributed by atoms with Gasteiger partial charge in [-0.15, -0.1) is 0 Å². The molecule has 1 rings (SSSR count). The van der Waals surface area contributed by atoms with Crippen molar-refractivity contribution in [2.75, 3.05) is 20.1 Å². The average Bonchev–Trinajstić information content (AvgIpc) is 2.71. The Morgan fingerprint density at radius 1 is 1.00 bits per heavy atom. The lowest BCUT2D eigenvalue weighted by Crippen LogP contribution is -2.55. The summed E-state index contributed by atoms with van der Waals surface area (Å²) in [5.74, 6) is -2.48. The zero-order valence-electron chi connectivity index (χ0n) is 19.0. The van der Waals surface area contributed by atoms with E-state index < -0.39 is 35.7 Å². The molecule has 32 heavy (non-hydrogen) atoms. The summed E-state index contributed by atoms with van der Waals surface area (Å²) in [4.78, 5) is 61.2. The average molecular weight is 448 g/mol. The van der Waals surface area contributed by atoms with Gasteiger partial charge in [-0.1, -0.05) is 44.2 Å². The van der Waals surface area contributed by atoms with Crippen LogP contribution in [0.25, 0.3) is 0 Å². The minimum atomic E-state index is -0.932. The number of rotatable bonds is 12. The third-order valence-electron chi connectivity index (χ3n) is 4.60. The summed E-state index contributed by atoms with van der Waals surface area (Å²) in [5, 5.41) is 7.62. The second-order valence-electron chi connectivity index (χ2n) is 8.06. The fourth-order valence-electron chi connectivity index (χ4n) is 2.93. The minimum absolute atomic E-state index is 0.0753. The van der Waals surface area contributed by atoms with Gasteiger partial charge >= 0.3 is 0 Å². The van der Waals surface area contributed by atoms with Crippen molar-refractivity contribution >= 4 is 29.5 Å². The second-order valence-corrected chi connectivity index (χ2v) is 8.06. The van der Waals surface area contributed by atoms with Gasteiger partial charge in [-0.25, -0.2) is 0 Å². The third kappa shape index (κ3) is 10.1. The molecule has 0 spiro atoms. The maximum Gasteiger partial charge on any atom is 0.243 e. The molecule has 0 saturated carbocycles. The van der Waals surface area contributed by atoms with Crippen LogP contribution in [0.4, 0.5) is 0 Å². The van der Waals surface area contributed by atoms with Crippen LogP contribution in [0.3, 0.4) is 0 Å². The van der Waals surface area contributed by atoms with Crippen molar-refractivity contribution in [1.29, 1.82) is 0 Å². The Balaban J connectivity index is 2.77. The summed E-state index contributed by atoms with van der Waals surface area (Å²) in [6.45, 7) is 4.56. The van der Waals surface area contributed by atoms with Crippen molar-refractivity contribution in [3.05, 3.63) is 35.9 Å². The molecule has 10 heteroatoms. The second kappa shape index (κ2) is 13.1. The standard InChI is InChI=1S/C22H33N5O5/c1-14(2)10-18(25-19(29)13-27(4)20(30)12-24-15(3)28)22(32)26-17(21(23)31)11-16-8-6-5-7-9-16/h5-9,14,17-18H,10-13H2,1-4H3,(H2,23,31)(H,24,28)(H,25,29)(H,26,32)/t17-,18-/m0/s1. The monoisotopic (exact) mass is 447 g/mol. The number of amides is 5. The minimum Gasteiger partial charge on any atom is -0.368 e. The fraction of sp³-hybridized carbons (Fsp3) is 0.500. The lowest BCUT2D eigenvalue weighted by atomic mass is 10.0. The molecule has 10 nitrogen and oxygen atoms in total. The van der Waals surface area contributed by atoms with Gasteiger partial charge < -0.3 is 26.6 Å². The van der Waals surface area contributed by atoms with E-state index in [2.05, 4.69) is 16.0 Å². The third-order valence-corrected chi connectivity index (χ3v) is 4.60. The number of primary amides is 1. The number of likely N-dealkylation sites (N-methyl/N-ethyl adjacent to an activating group) is 1. The Bertz CT molecular complexity index is 812. The van der Waals surface area contributed by atoms with Crippen molar-refractivity contribution < 1.29 is 24.0 Å². The van der Waals surface area contributed by atoms with Crippen molar-refractivity contribution in [2.24, 2.45) is 11.7 Å². The summed E-state index contributed by atoms with van der Waals surface area (Å²) in [5.41, 5.74) is 6.30. The molecule has 2 atom stereocenters. The summed E-state index contributed by atoms with van der Waals surface area (Å²) < 4.78 is 0. The molecule has 0 heterocycles. The molecular formula is C22H33N5O5. The van der Waals surface area contributed by atoms with Crippen LogP contribution in [0.15, 0.2) is 30.3 Å². The summed E-state index contributed by atoms with van der Waals surface area (Å²) in [6.07, 6.45) is 0.558. The fourth-order valence-corrected chi connectivity index (χ4v) is 2.93. The van der Waals surface area contributed by atoms with E-state index in [1.807, 2.05) is 44.2 Å². The molecule has 0 saturated heterocycles. The van der Waals surface area contributed by atoms with Gasteiger partial charge in [-0.2, -0.15) is 0 Å². The van der Waals surface area contributed by atoms with E-state index in [-0.39, 0.29) is 31.3 Å². The molecule has 1 aromatic rings. The first-order chi connectivity index (χ1) is 15.0. The number of carbonyl (C=O) groups excluding carboxylic acids is 5. The van der Waals surface area contributed by atoms with Gasteiger partial charge in [-0.3, -0.25) is 24.0 Å². The largest absolute Gasteiger partial charge is 0.368 e. The Hall–Kier alpha value is -3.43. The number of hydrogen-bond acceptors (Lipinski definition) is 5. The summed E-state index contributed by atoms with van der Waals surface area (Å²) >= 11 is 0. The van der Waals surface area contributed by atoms with Gasteiger partial charge in [-0.05, 0) is 17.9 Å². The predicted octanol–water partition coefficient (Wildman–Crippen LogP) is -0.675. The number of hydrogen-bond donors (Lipinski definition) is 4. The van der Waals surface area contributed by atoms with E-state index in [9.17, 15) is 24.0 Å². The highest BCUT2D eigenvalue weighted by Gasteiger charge is 2.27. The normalized spacial score (nSPS) is 12.4. The van der Waals surface area contributed by atoms with E-state index in [1.165, 1.54) is 14.0 Å². The number of carbonyl (C=O) groups is 5. The number of benzene rings is 1. The Morgan fingerprint density at radius 2 is 1.62 bits per heavy atom. The van der Waals surface area contributed by atoms with Crippen LogP contribution in [0.5, 0.6) is 0 Å². The topological polar surface area (TPSA) is 151 Å². The highest BCUT2D eigenvalue weighted by Crippen LogP contribution is 2.08. The highest BCUT2D eigenvalue weighted by molar-refractivity contribution is 5.93. The van der Waals surface area contributed by atoms with Crippen LogP contribution in [-0.4, -0.2) is 66.7 Å². The molecule has 5 amide bonds. The molecule has 0 radical (unpaired) electrons. The van der Waals surface area contributed by atoms with Gasteiger partial charge in [0.05, 0.1) is 13.1 Å².